The lowest BCUT2D eigenvalue weighted by atomic mass is 10.1. The number of nitrogens with zero attached hydrogens (tertiary/aromatic N) is 4. The monoisotopic (exact) mass is 287 g/mol. The Balaban J connectivity index is 2.53. The third kappa shape index (κ3) is 3.40. The molecule has 0 aliphatic rings. The lowest BCUT2D eigenvalue weighted by Gasteiger charge is -2.10. The average Bonchev–Trinajstić information content (AvgIpc) is 2.62. The summed E-state index contributed by atoms with van der Waals surface area (Å²) in [7, 11) is 1.95. The van der Waals surface area contributed by atoms with E-state index in [0.717, 1.165) is 47.3 Å². The molecule has 1 N–H and O–H groups in total. The number of anilines is 1. The summed E-state index contributed by atoms with van der Waals surface area (Å²) in [5.41, 5.74) is 4.19. The zero-order valence-corrected chi connectivity index (χ0v) is 13.9. The Labute approximate surface area is 126 Å². The number of aryl methyl sites for hydroxylation is 2. The number of hydrogen-bond donors (Lipinski definition) is 1. The molecule has 0 amide bonds. The van der Waals surface area contributed by atoms with Crippen LogP contribution in [0.5, 0.6) is 0 Å². The van der Waals surface area contributed by atoms with E-state index in [1.54, 1.807) is 0 Å². The van der Waals surface area contributed by atoms with Gasteiger partial charge in [0, 0.05) is 31.0 Å². The quantitative estimate of drug-likeness (QED) is 0.918. The van der Waals surface area contributed by atoms with Gasteiger partial charge >= 0.3 is 0 Å². The maximum atomic E-state index is 4.76. The molecule has 0 spiro atoms. The van der Waals surface area contributed by atoms with Crippen molar-refractivity contribution in [2.24, 2.45) is 13.0 Å². The molecule has 0 aliphatic carbocycles. The highest BCUT2D eigenvalue weighted by Crippen LogP contribution is 2.25. The molecule has 0 atom stereocenters. The molecule has 0 unspecified atom stereocenters. The van der Waals surface area contributed by atoms with Gasteiger partial charge in [0.15, 0.2) is 5.82 Å². The molecule has 5 heteroatoms. The molecule has 0 fully saturated rings. The predicted molar refractivity (Wildman–Crippen MR) is 86.4 cm³/mol. The third-order valence-corrected chi connectivity index (χ3v) is 3.49. The normalized spacial score (nSPS) is 11.2. The van der Waals surface area contributed by atoms with E-state index in [9.17, 15) is 0 Å². The summed E-state index contributed by atoms with van der Waals surface area (Å²) in [6, 6.07) is 2.05. The summed E-state index contributed by atoms with van der Waals surface area (Å²) >= 11 is 0. The first-order valence-corrected chi connectivity index (χ1v) is 7.54. The van der Waals surface area contributed by atoms with Crippen molar-refractivity contribution in [2.75, 3.05) is 11.9 Å². The average molecular weight is 287 g/mol. The van der Waals surface area contributed by atoms with Gasteiger partial charge in [-0.25, -0.2) is 9.97 Å². The van der Waals surface area contributed by atoms with E-state index in [1.165, 1.54) is 0 Å². The second-order valence-electron chi connectivity index (χ2n) is 5.87. The van der Waals surface area contributed by atoms with Crippen LogP contribution in [0.2, 0.25) is 0 Å². The Morgan fingerprint density at radius 3 is 2.48 bits per heavy atom. The maximum absolute atomic E-state index is 4.76. The Bertz CT molecular complexity index is 628. The number of nitrogens with one attached hydrogen (secondary N) is 1. The first-order valence-electron chi connectivity index (χ1n) is 7.54. The Hall–Kier alpha value is -1.91. The van der Waals surface area contributed by atoms with Crippen LogP contribution in [0, 0.1) is 19.8 Å². The van der Waals surface area contributed by atoms with Crippen LogP contribution >= 0.6 is 0 Å². The molecule has 5 nitrogen and oxygen atoms in total. The third-order valence-electron chi connectivity index (χ3n) is 3.49. The zero-order chi connectivity index (χ0) is 15.6. The molecule has 0 saturated heterocycles. The fraction of sp³-hybridized carbons (Fsp3) is 0.562. The van der Waals surface area contributed by atoms with Crippen molar-refractivity contribution >= 4 is 5.82 Å². The highest BCUT2D eigenvalue weighted by molar-refractivity contribution is 5.63. The van der Waals surface area contributed by atoms with Gasteiger partial charge in [-0.2, -0.15) is 5.10 Å². The van der Waals surface area contributed by atoms with Crippen molar-refractivity contribution in [3.63, 3.8) is 0 Å². The van der Waals surface area contributed by atoms with Crippen LogP contribution in [0.15, 0.2) is 6.07 Å². The standard InChI is InChI=1S/C16H25N5/c1-7-17-14-9-13(8-10(2)3)18-16(19-14)15-11(4)20-21(6)12(15)5/h9-10H,7-8H2,1-6H3,(H,17,18,19). The van der Waals surface area contributed by atoms with Gasteiger partial charge in [0.05, 0.1) is 11.3 Å². The lowest BCUT2D eigenvalue weighted by molar-refractivity contribution is 0.635. The van der Waals surface area contributed by atoms with E-state index < -0.39 is 0 Å². The van der Waals surface area contributed by atoms with Gasteiger partial charge in [-0.05, 0) is 33.1 Å². The Kier molecular flexibility index (Phi) is 4.60. The minimum Gasteiger partial charge on any atom is -0.370 e. The van der Waals surface area contributed by atoms with Crippen LogP contribution in [0.1, 0.15) is 37.9 Å². The van der Waals surface area contributed by atoms with E-state index in [2.05, 4.69) is 43.1 Å². The summed E-state index contributed by atoms with van der Waals surface area (Å²) < 4.78 is 1.88. The molecule has 2 heterocycles. The lowest BCUT2D eigenvalue weighted by Crippen LogP contribution is -2.06. The van der Waals surface area contributed by atoms with Crippen molar-refractivity contribution in [3.05, 3.63) is 23.1 Å². The van der Waals surface area contributed by atoms with Crippen LogP contribution in [0.3, 0.4) is 0 Å². The Morgan fingerprint density at radius 1 is 1.24 bits per heavy atom. The predicted octanol–water partition coefficient (Wildman–Crippen LogP) is 3.12. The minimum atomic E-state index is 0.568. The SMILES string of the molecule is CCNc1cc(CC(C)C)nc(-c2c(C)nn(C)c2C)n1. The van der Waals surface area contributed by atoms with E-state index in [1.807, 2.05) is 24.7 Å². The van der Waals surface area contributed by atoms with Crippen LogP contribution in [-0.2, 0) is 13.5 Å². The van der Waals surface area contributed by atoms with Gasteiger partial charge in [0.2, 0.25) is 0 Å². The molecule has 0 bridgehead atoms. The molecule has 0 saturated carbocycles. The van der Waals surface area contributed by atoms with Crippen molar-refractivity contribution in [1.29, 1.82) is 0 Å². The molecule has 2 rings (SSSR count). The van der Waals surface area contributed by atoms with Gasteiger partial charge in [0.1, 0.15) is 5.82 Å². The van der Waals surface area contributed by atoms with Gasteiger partial charge in [0.25, 0.3) is 0 Å². The summed E-state index contributed by atoms with van der Waals surface area (Å²) in [5, 5.41) is 7.77. The van der Waals surface area contributed by atoms with Crippen LogP contribution < -0.4 is 5.32 Å². The first-order chi connectivity index (χ1) is 9.92. The topological polar surface area (TPSA) is 55.6 Å². The van der Waals surface area contributed by atoms with E-state index in [4.69, 9.17) is 4.98 Å². The van der Waals surface area contributed by atoms with Crippen molar-refractivity contribution in [2.45, 2.75) is 41.0 Å². The van der Waals surface area contributed by atoms with Crippen LogP contribution in [-0.4, -0.2) is 26.3 Å². The molecule has 21 heavy (non-hydrogen) atoms. The molecule has 0 aliphatic heterocycles. The highest BCUT2D eigenvalue weighted by atomic mass is 15.3. The summed E-state index contributed by atoms with van der Waals surface area (Å²) in [4.78, 5) is 9.42. The van der Waals surface area contributed by atoms with Crippen molar-refractivity contribution in [3.8, 4) is 11.4 Å². The number of aromatic nitrogens is 4. The fourth-order valence-corrected chi connectivity index (χ4v) is 2.50. The molecule has 0 radical (unpaired) electrons. The van der Waals surface area contributed by atoms with Crippen LogP contribution in [0.4, 0.5) is 5.82 Å². The van der Waals surface area contributed by atoms with Gasteiger partial charge in [-0.15, -0.1) is 0 Å². The van der Waals surface area contributed by atoms with E-state index in [0.29, 0.717) is 5.92 Å². The van der Waals surface area contributed by atoms with Crippen molar-refractivity contribution < 1.29 is 0 Å². The largest absolute Gasteiger partial charge is 0.370 e. The van der Waals surface area contributed by atoms with Gasteiger partial charge in [-0.3, -0.25) is 4.68 Å². The second kappa shape index (κ2) is 6.24. The number of hydrogen-bond acceptors (Lipinski definition) is 4. The number of rotatable bonds is 5. The van der Waals surface area contributed by atoms with Gasteiger partial charge in [-0.1, -0.05) is 13.8 Å². The van der Waals surface area contributed by atoms with E-state index >= 15 is 0 Å². The summed E-state index contributed by atoms with van der Waals surface area (Å²) in [6.45, 7) is 11.4. The summed E-state index contributed by atoms with van der Waals surface area (Å²) in [5.74, 6) is 2.23. The molecule has 2 aromatic rings. The smallest absolute Gasteiger partial charge is 0.165 e. The van der Waals surface area contributed by atoms with Crippen molar-refractivity contribution in [1.82, 2.24) is 19.7 Å². The molecule has 2 aromatic heterocycles. The molecular formula is C16H25N5. The van der Waals surface area contributed by atoms with Crippen LogP contribution in [0.25, 0.3) is 11.4 Å². The zero-order valence-electron chi connectivity index (χ0n) is 13.9. The maximum Gasteiger partial charge on any atom is 0.165 e. The minimum absolute atomic E-state index is 0.568. The Morgan fingerprint density at radius 2 is 1.95 bits per heavy atom. The first kappa shape index (κ1) is 15.5. The molecule has 0 aromatic carbocycles. The summed E-state index contributed by atoms with van der Waals surface area (Å²) in [6.07, 6.45) is 0.951. The highest BCUT2D eigenvalue weighted by Gasteiger charge is 2.16. The fourth-order valence-electron chi connectivity index (χ4n) is 2.50. The second-order valence-corrected chi connectivity index (χ2v) is 5.87. The molecule has 114 valence electrons. The van der Waals surface area contributed by atoms with Gasteiger partial charge < -0.3 is 5.32 Å². The van der Waals surface area contributed by atoms with E-state index in [-0.39, 0.29) is 0 Å². The molecular weight excluding hydrogens is 262 g/mol.